The van der Waals surface area contributed by atoms with Crippen molar-refractivity contribution in [2.75, 3.05) is 0 Å². The third kappa shape index (κ3) is 2.69. The standard InChI is InChI=1S/C13H13Cl2N3/c14-10-2-1-9(6-16-12-3-4-12)13(5-10)18-8-11(15)7-17-18/h1-2,5,7-8,12,16H,3-4,6H2. The van der Waals surface area contributed by atoms with Crippen molar-refractivity contribution in [2.45, 2.75) is 25.4 Å². The number of hydrogen-bond acceptors (Lipinski definition) is 2. The predicted octanol–water partition coefficient (Wildman–Crippen LogP) is 3.43. The maximum Gasteiger partial charge on any atom is 0.0790 e. The van der Waals surface area contributed by atoms with E-state index in [4.69, 9.17) is 23.2 Å². The molecule has 3 rings (SSSR count). The molecule has 2 aromatic rings. The Bertz CT molecular complexity index is 561. The van der Waals surface area contributed by atoms with Gasteiger partial charge in [0.2, 0.25) is 0 Å². The molecule has 1 heterocycles. The summed E-state index contributed by atoms with van der Waals surface area (Å²) in [5.74, 6) is 0. The first-order valence-corrected chi connectivity index (χ1v) is 6.70. The zero-order valence-corrected chi connectivity index (χ0v) is 11.2. The van der Waals surface area contributed by atoms with Gasteiger partial charge in [0, 0.05) is 23.8 Å². The van der Waals surface area contributed by atoms with Crippen molar-refractivity contribution in [1.82, 2.24) is 15.1 Å². The van der Waals surface area contributed by atoms with E-state index in [2.05, 4.69) is 10.4 Å². The highest BCUT2D eigenvalue weighted by Gasteiger charge is 2.20. The minimum atomic E-state index is 0.621. The highest BCUT2D eigenvalue weighted by atomic mass is 35.5. The average Bonchev–Trinajstić information content (AvgIpc) is 3.09. The molecule has 0 atom stereocenters. The first-order valence-electron chi connectivity index (χ1n) is 5.95. The fourth-order valence-electron chi connectivity index (χ4n) is 1.87. The molecule has 1 N–H and O–H groups in total. The van der Waals surface area contributed by atoms with Gasteiger partial charge in [-0.25, -0.2) is 4.68 Å². The fraction of sp³-hybridized carbons (Fsp3) is 0.308. The van der Waals surface area contributed by atoms with Crippen LogP contribution in [0.1, 0.15) is 18.4 Å². The van der Waals surface area contributed by atoms with Gasteiger partial charge in [0.15, 0.2) is 0 Å². The number of nitrogens with one attached hydrogen (secondary N) is 1. The summed E-state index contributed by atoms with van der Waals surface area (Å²) in [7, 11) is 0. The van der Waals surface area contributed by atoms with Crippen LogP contribution in [0.3, 0.4) is 0 Å². The van der Waals surface area contributed by atoms with Gasteiger partial charge in [-0.1, -0.05) is 29.3 Å². The highest BCUT2D eigenvalue weighted by molar-refractivity contribution is 6.31. The number of benzene rings is 1. The van der Waals surface area contributed by atoms with Gasteiger partial charge >= 0.3 is 0 Å². The predicted molar refractivity (Wildman–Crippen MR) is 73.4 cm³/mol. The zero-order valence-electron chi connectivity index (χ0n) is 9.74. The Balaban J connectivity index is 1.91. The molecule has 0 unspecified atom stereocenters. The van der Waals surface area contributed by atoms with Crippen LogP contribution in [0.25, 0.3) is 5.69 Å². The third-order valence-electron chi connectivity index (χ3n) is 3.00. The van der Waals surface area contributed by atoms with Crippen LogP contribution in [0.15, 0.2) is 30.6 Å². The molecule has 0 saturated heterocycles. The van der Waals surface area contributed by atoms with Gasteiger partial charge in [-0.05, 0) is 30.5 Å². The zero-order chi connectivity index (χ0) is 12.5. The van der Waals surface area contributed by atoms with Gasteiger partial charge in [0.1, 0.15) is 0 Å². The smallest absolute Gasteiger partial charge is 0.0790 e. The van der Waals surface area contributed by atoms with E-state index < -0.39 is 0 Å². The number of rotatable bonds is 4. The second-order valence-corrected chi connectivity index (χ2v) is 5.40. The minimum Gasteiger partial charge on any atom is -0.310 e. The Hall–Kier alpha value is -1.03. The van der Waals surface area contributed by atoms with Crippen molar-refractivity contribution in [3.63, 3.8) is 0 Å². The first kappa shape index (κ1) is 12.0. The fourth-order valence-corrected chi connectivity index (χ4v) is 2.18. The van der Waals surface area contributed by atoms with E-state index in [1.165, 1.54) is 18.4 Å². The molecular formula is C13H13Cl2N3. The maximum atomic E-state index is 6.05. The van der Waals surface area contributed by atoms with Crippen molar-refractivity contribution in [3.8, 4) is 5.69 Å². The van der Waals surface area contributed by atoms with Crippen LogP contribution < -0.4 is 5.32 Å². The third-order valence-corrected chi connectivity index (χ3v) is 3.43. The largest absolute Gasteiger partial charge is 0.310 e. The second kappa shape index (κ2) is 4.92. The van der Waals surface area contributed by atoms with E-state index in [9.17, 15) is 0 Å². The summed E-state index contributed by atoms with van der Waals surface area (Å²) in [6.07, 6.45) is 5.96. The van der Waals surface area contributed by atoms with Crippen molar-refractivity contribution >= 4 is 23.2 Å². The second-order valence-electron chi connectivity index (χ2n) is 4.53. The number of nitrogens with zero attached hydrogens (tertiary/aromatic N) is 2. The van der Waals surface area contributed by atoms with E-state index in [1.807, 2.05) is 18.2 Å². The molecular weight excluding hydrogens is 269 g/mol. The molecule has 1 saturated carbocycles. The van der Waals surface area contributed by atoms with Gasteiger partial charge < -0.3 is 5.32 Å². The SMILES string of the molecule is Clc1ccc(CNC2CC2)c(-n2cc(Cl)cn2)c1. The molecule has 1 aliphatic rings. The van der Waals surface area contributed by atoms with Gasteiger partial charge in [0.25, 0.3) is 0 Å². The summed E-state index contributed by atoms with van der Waals surface area (Å²) in [6, 6.07) is 6.52. The molecule has 94 valence electrons. The van der Waals surface area contributed by atoms with Crippen LogP contribution in [-0.4, -0.2) is 15.8 Å². The Morgan fingerprint density at radius 2 is 2.11 bits per heavy atom. The lowest BCUT2D eigenvalue weighted by molar-refractivity contribution is 0.681. The molecule has 0 radical (unpaired) electrons. The van der Waals surface area contributed by atoms with Gasteiger partial charge in [-0.2, -0.15) is 5.10 Å². The summed E-state index contributed by atoms with van der Waals surface area (Å²) < 4.78 is 1.76. The highest BCUT2D eigenvalue weighted by Crippen LogP contribution is 2.23. The monoisotopic (exact) mass is 281 g/mol. The van der Waals surface area contributed by atoms with Crippen LogP contribution in [0, 0.1) is 0 Å². The van der Waals surface area contributed by atoms with Crippen LogP contribution >= 0.6 is 23.2 Å². The molecule has 1 fully saturated rings. The van der Waals surface area contributed by atoms with Gasteiger partial charge in [-0.15, -0.1) is 0 Å². The van der Waals surface area contributed by atoms with Crippen molar-refractivity contribution in [2.24, 2.45) is 0 Å². The molecule has 5 heteroatoms. The Morgan fingerprint density at radius 1 is 1.28 bits per heavy atom. The van der Waals surface area contributed by atoms with Crippen LogP contribution in [0.2, 0.25) is 10.0 Å². The lowest BCUT2D eigenvalue weighted by Gasteiger charge is -2.10. The van der Waals surface area contributed by atoms with Crippen molar-refractivity contribution < 1.29 is 0 Å². The van der Waals surface area contributed by atoms with E-state index in [-0.39, 0.29) is 0 Å². The summed E-state index contributed by atoms with van der Waals surface area (Å²) in [5, 5.41) is 9.04. The average molecular weight is 282 g/mol. The normalized spacial score (nSPS) is 15.0. The van der Waals surface area contributed by atoms with E-state index in [0.29, 0.717) is 16.1 Å². The number of halogens is 2. The first-order chi connectivity index (χ1) is 8.72. The van der Waals surface area contributed by atoms with Crippen molar-refractivity contribution in [3.05, 3.63) is 46.2 Å². The molecule has 1 aromatic carbocycles. The number of aromatic nitrogens is 2. The lowest BCUT2D eigenvalue weighted by atomic mass is 10.1. The molecule has 0 amide bonds. The van der Waals surface area contributed by atoms with Crippen LogP contribution in [0.4, 0.5) is 0 Å². The molecule has 3 nitrogen and oxygen atoms in total. The quantitative estimate of drug-likeness (QED) is 0.931. The molecule has 0 spiro atoms. The Labute approximate surface area is 116 Å². The topological polar surface area (TPSA) is 29.9 Å². The van der Waals surface area contributed by atoms with E-state index >= 15 is 0 Å². The minimum absolute atomic E-state index is 0.621. The van der Waals surface area contributed by atoms with E-state index in [1.54, 1.807) is 17.1 Å². The van der Waals surface area contributed by atoms with Gasteiger partial charge in [0.05, 0.1) is 16.9 Å². The van der Waals surface area contributed by atoms with Crippen LogP contribution in [0.5, 0.6) is 0 Å². The molecule has 1 aliphatic carbocycles. The lowest BCUT2D eigenvalue weighted by Crippen LogP contribution is -2.17. The van der Waals surface area contributed by atoms with Crippen LogP contribution in [-0.2, 0) is 6.54 Å². The molecule has 1 aromatic heterocycles. The summed E-state index contributed by atoms with van der Waals surface area (Å²) >= 11 is 12.0. The summed E-state index contributed by atoms with van der Waals surface area (Å²) in [6.45, 7) is 0.828. The van der Waals surface area contributed by atoms with E-state index in [0.717, 1.165) is 12.2 Å². The van der Waals surface area contributed by atoms with Gasteiger partial charge in [-0.3, -0.25) is 0 Å². The summed E-state index contributed by atoms with van der Waals surface area (Å²) in [5.41, 5.74) is 2.15. The Morgan fingerprint density at radius 3 is 2.78 bits per heavy atom. The molecule has 18 heavy (non-hydrogen) atoms. The maximum absolute atomic E-state index is 6.05. The number of hydrogen-bond donors (Lipinski definition) is 1. The molecule has 0 aliphatic heterocycles. The molecule has 0 bridgehead atoms. The Kier molecular flexibility index (Phi) is 3.29. The van der Waals surface area contributed by atoms with Crippen molar-refractivity contribution in [1.29, 1.82) is 0 Å². The summed E-state index contributed by atoms with van der Waals surface area (Å²) in [4.78, 5) is 0.